The molecule has 11 heteroatoms. The Morgan fingerprint density at radius 1 is 1.11 bits per heavy atom. The van der Waals surface area contributed by atoms with E-state index in [1.807, 2.05) is 39.0 Å². The monoisotopic (exact) mass is 503 g/mol. The van der Waals surface area contributed by atoms with Gasteiger partial charge >= 0.3 is 0 Å². The summed E-state index contributed by atoms with van der Waals surface area (Å²) in [6.45, 7) is 7.43. The molecule has 0 saturated carbocycles. The Labute approximate surface area is 214 Å². The topological polar surface area (TPSA) is 117 Å². The quantitative estimate of drug-likeness (QED) is 0.349. The molecule has 37 heavy (non-hydrogen) atoms. The third-order valence-electron chi connectivity index (χ3n) is 6.52. The highest BCUT2D eigenvalue weighted by molar-refractivity contribution is 5.79. The van der Waals surface area contributed by atoms with E-state index >= 15 is 0 Å². The highest BCUT2D eigenvalue weighted by atomic mass is 19.1. The molecule has 4 aromatic heterocycles. The van der Waals surface area contributed by atoms with Crippen molar-refractivity contribution in [3.8, 4) is 5.82 Å². The van der Waals surface area contributed by atoms with Gasteiger partial charge in [-0.2, -0.15) is 10.2 Å². The Bertz CT molecular complexity index is 1370. The predicted molar refractivity (Wildman–Crippen MR) is 138 cm³/mol. The number of aromatic amines is 1. The van der Waals surface area contributed by atoms with Gasteiger partial charge in [0.05, 0.1) is 18.4 Å². The van der Waals surface area contributed by atoms with Crippen LogP contribution in [-0.4, -0.2) is 48.9 Å². The van der Waals surface area contributed by atoms with Gasteiger partial charge in [0, 0.05) is 37.0 Å². The second-order valence-electron chi connectivity index (χ2n) is 9.49. The smallest absolute Gasteiger partial charge is 0.223 e. The zero-order valence-electron chi connectivity index (χ0n) is 21.1. The molecule has 1 aliphatic rings. The van der Waals surface area contributed by atoms with Crippen LogP contribution in [0.2, 0.25) is 0 Å². The van der Waals surface area contributed by atoms with E-state index in [-0.39, 0.29) is 17.9 Å². The minimum Gasteiger partial charge on any atom is -0.356 e. The van der Waals surface area contributed by atoms with Crippen molar-refractivity contribution in [2.75, 3.05) is 23.3 Å². The molecular weight excluding hydrogens is 473 g/mol. The molecule has 4 aromatic rings. The molecule has 0 bridgehead atoms. The number of pyridine rings is 2. The molecule has 1 atom stereocenters. The first-order valence-electron chi connectivity index (χ1n) is 12.3. The van der Waals surface area contributed by atoms with Crippen LogP contribution in [0.1, 0.15) is 42.6 Å². The Balaban J connectivity index is 1.16. The van der Waals surface area contributed by atoms with E-state index in [9.17, 15) is 9.18 Å². The van der Waals surface area contributed by atoms with E-state index in [1.54, 1.807) is 12.3 Å². The Kier molecular flexibility index (Phi) is 6.85. The van der Waals surface area contributed by atoms with Crippen molar-refractivity contribution in [1.82, 2.24) is 35.3 Å². The number of carbonyl (C=O) groups excluding carboxylic acids is 1. The molecule has 0 spiro atoms. The fourth-order valence-electron chi connectivity index (χ4n) is 4.49. The zero-order chi connectivity index (χ0) is 25.9. The summed E-state index contributed by atoms with van der Waals surface area (Å²) >= 11 is 0. The van der Waals surface area contributed by atoms with Crippen LogP contribution in [0.25, 0.3) is 5.82 Å². The van der Waals surface area contributed by atoms with E-state index in [1.165, 1.54) is 10.9 Å². The average Bonchev–Trinajstić information content (AvgIpc) is 3.51. The van der Waals surface area contributed by atoms with E-state index < -0.39 is 5.82 Å². The third kappa shape index (κ3) is 5.76. The van der Waals surface area contributed by atoms with Gasteiger partial charge in [0.1, 0.15) is 11.6 Å². The van der Waals surface area contributed by atoms with E-state index in [2.05, 4.69) is 41.9 Å². The number of nitrogens with zero attached hydrogens (tertiary/aromatic N) is 6. The summed E-state index contributed by atoms with van der Waals surface area (Å²) in [6, 6.07) is 9.42. The number of rotatable bonds is 7. The van der Waals surface area contributed by atoms with Crippen molar-refractivity contribution in [3.63, 3.8) is 0 Å². The number of halogens is 1. The van der Waals surface area contributed by atoms with Crippen molar-refractivity contribution in [1.29, 1.82) is 0 Å². The second-order valence-corrected chi connectivity index (χ2v) is 9.49. The van der Waals surface area contributed by atoms with Gasteiger partial charge in [-0.25, -0.2) is 19.0 Å². The number of aromatic nitrogens is 6. The molecule has 5 heterocycles. The minimum atomic E-state index is -0.420. The van der Waals surface area contributed by atoms with Crippen LogP contribution in [0, 0.1) is 25.6 Å². The maximum Gasteiger partial charge on any atom is 0.223 e. The van der Waals surface area contributed by atoms with Crippen molar-refractivity contribution in [2.45, 2.75) is 39.7 Å². The zero-order valence-corrected chi connectivity index (χ0v) is 21.1. The number of nitrogens with one attached hydrogen (secondary N) is 3. The number of carbonyl (C=O) groups is 1. The molecule has 10 nitrogen and oxygen atoms in total. The van der Waals surface area contributed by atoms with Gasteiger partial charge in [0.2, 0.25) is 5.91 Å². The number of piperidine rings is 1. The first-order chi connectivity index (χ1) is 17.8. The van der Waals surface area contributed by atoms with E-state index in [0.29, 0.717) is 5.82 Å². The molecule has 1 amide bonds. The summed E-state index contributed by atoms with van der Waals surface area (Å²) in [5.74, 6) is 2.44. The maximum absolute atomic E-state index is 13.2. The molecule has 1 aliphatic heterocycles. The predicted octanol–water partition coefficient (Wildman–Crippen LogP) is 3.98. The van der Waals surface area contributed by atoms with Crippen LogP contribution in [0.4, 0.5) is 21.8 Å². The van der Waals surface area contributed by atoms with Gasteiger partial charge < -0.3 is 15.5 Å². The van der Waals surface area contributed by atoms with Crippen LogP contribution < -0.4 is 15.5 Å². The molecule has 0 aliphatic carbocycles. The lowest BCUT2D eigenvalue weighted by molar-refractivity contribution is -0.126. The standard InChI is InChI=1S/C26H30FN9O/c1-16-10-22(31-23-12-17(2)33-34-23)32-25(11-16)35-8-6-19(7-9-35)26(37)30-18(3)20-4-5-24(28-13-20)36-15-21(27)14-29-36/h4-5,10-15,18-19H,6-9H2,1-3H3,(H,30,37)(H2,31,32,33,34). The summed E-state index contributed by atoms with van der Waals surface area (Å²) in [4.78, 5) is 24.3. The number of amides is 1. The van der Waals surface area contributed by atoms with E-state index in [0.717, 1.165) is 66.4 Å². The lowest BCUT2D eigenvalue weighted by atomic mass is 9.95. The first-order valence-corrected chi connectivity index (χ1v) is 12.3. The van der Waals surface area contributed by atoms with Crippen molar-refractivity contribution in [2.24, 2.45) is 5.92 Å². The molecule has 192 valence electrons. The van der Waals surface area contributed by atoms with E-state index in [4.69, 9.17) is 4.98 Å². The summed E-state index contributed by atoms with van der Waals surface area (Å²) in [7, 11) is 0. The first kappa shape index (κ1) is 24.4. The maximum atomic E-state index is 13.2. The van der Waals surface area contributed by atoms with Crippen molar-refractivity contribution in [3.05, 3.63) is 71.6 Å². The Morgan fingerprint density at radius 2 is 1.92 bits per heavy atom. The summed E-state index contributed by atoms with van der Waals surface area (Å²) in [5, 5.41) is 17.4. The number of hydrogen-bond donors (Lipinski definition) is 3. The minimum absolute atomic E-state index is 0.0406. The van der Waals surface area contributed by atoms with Crippen LogP contribution in [-0.2, 0) is 4.79 Å². The van der Waals surface area contributed by atoms with Gasteiger partial charge in [-0.3, -0.25) is 9.89 Å². The molecule has 3 N–H and O–H groups in total. The second kappa shape index (κ2) is 10.4. The molecule has 1 fully saturated rings. The fraction of sp³-hybridized carbons (Fsp3) is 0.346. The third-order valence-corrected chi connectivity index (χ3v) is 6.52. The lowest BCUT2D eigenvalue weighted by Crippen LogP contribution is -2.41. The van der Waals surface area contributed by atoms with Crippen molar-refractivity contribution >= 4 is 23.4 Å². The van der Waals surface area contributed by atoms with Crippen LogP contribution in [0.15, 0.2) is 48.9 Å². The van der Waals surface area contributed by atoms with Crippen LogP contribution in [0.3, 0.4) is 0 Å². The normalized spacial score (nSPS) is 15.0. The number of aryl methyl sites for hydroxylation is 2. The Hall–Kier alpha value is -4.28. The average molecular weight is 504 g/mol. The Morgan fingerprint density at radius 3 is 2.57 bits per heavy atom. The van der Waals surface area contributed by atoms with Gasteiger partial charge in [0.15, 0.2) is 17.5 Å². The number of hydrogen-bond acceptors (Lipinski definition) is 7. The van der Waals surface area contributed by atoms with Gasteiger partial charge in [-0.15, -0.1) is 0 Å². The summed E-state index contributed by atoms with van der Waals surface area (Å²) in [5.41, 5.74) is 2.95. The number of H-pyrrole nitrogens is 1. The summed E-state index contributed by atoms with van der Waals surface area (Å²) in [6.07, 6.45) is 5.58. The molecule has 1 unspecified atom stereocenters. The molecule has 0 aromatic carbocycles. The highest BCUT2D eigenvalue weighted by Gasteiger charge is 2.27. The molecule has 5 rings (SSSR count). The van der Waals surface area contributed by atoms with Crippen molar-refractivity contribution < 1.29 is 9.18 Å². The van der Waals surface area contributed by atoms with Gasteiger partial charge in [-0.05, 0) is 62.9 Å². The lowest BCUT2D eigenvalue weighted by Gasteiger charge is -2.33. The van der Waals surface area contributed by atoms with Crippen LogP contribution in [0.5, 0.6) is 0 Å². The summed E-state index contributed by atoms with van der Waals surface area (Å²) < 4.78 is 14.6. The fourth-order valence-corrected chi connectivity index (χ4v) is 4.49. The largest absolute Gasteiger partial charge is 0.356 e. The van der Waals surface area contributed by atoms with Crippen LogP contribution >= 0.6 is 0 Å². The number of anilines is 3. The van der Waals surface area contributed by atoms with Gasteiger partial charge in [0.25, 0.3) is 0 Å². The molecule has 1 saturated heterocycles. The van der Waals surface area contributed by atoms with Gasteiger partial charge in [-0.1, -0.05) is 6.07 Å². The molecule has 0 radical (unpaired) electrons. The highest BCUT2D eigenvalue weighted by Crippen LogP contribution is 2.26. The SMILES string of the molecule is Cc1cc(Nc2cc(C)[nH]n2)nc(N2CCC(C(=O)NC(C)c3ccc(-n4cc(F)cn4)nc3)CC2)c1. The molecular formula is C26H30FN9O.